The average molecular weight is 297 g/mol. The molecule has 1 N–H and O–H groups in total. The Kier molecular flexibility index (Phi) is 5.89. The quantitative estimate of drug-likeness (QED) is 0.751. The Morgan fingerprint density at radius 3 is 2.14 bits per heavy atom. The molecule has 0 aromatic heterocycles. The van der Waals surface area contributed by atoms with E-state index in [4.69, 9.17) is 0 Å². The second kappa shape index (κ2) is 7.02. The molecular weight excluding hydrogens is 270 g/mol. The number of hydrogen-bond donors (Lipinski definition) is 1. The lowest BCUT2D eigenvalue weighted by molar-refractivity contribution is -0.146. The van der Waals surface area contributed by atoms with Crippen LogP contribution in [0.4, 0.5) is 4.79 Å². The number of nitrogens with zero attached hydrogens (tertiary/aromatic N) is 2. The fourth-order valence-corrected chi connectivity index (χ4v) is 2.77. The molecule has 0 spiro atoms. The zero-order valence-corrected chi connectivity index (χ0v) is 13.8. The van der Waals surface area contributed by atoms with E-state index in [1.807, 2.05) is 32.8 Å². The van der Waals surface area contributed by atoms with Crippen LogP contribution in [-0.4, -0.2) is 54.3 Å². The van der Waals surface area contributed by atoms with Gasteiger partial charge in [0.05, 0.1) is 6.04 Å². The Bertz CT molecular complexity index is 408. The van der Waals surface area contributed by atoms with Gasteiger partial charge in [0.2, 0.25) is 11.8 Å². The molecule has 120 valence electrons. The van der Waals surface area contributed by atoms with Crippen molar-refractivity contribution in [3.05, 3.63) is 0 Å². The molecule has 0 aromatic rings. The van der Waals surface area contributed by atoms with Crippen molar-refractivity contribution in [2.75, 3.05) is 20.6 Å². The van der Waals surface area contributed by atoms with E-state index in [0.717, 1.165) is 6.42 Å². The number of rotatable bonds is 6. The van der Waals surface area contributed by atoms with Gasteiger partial charge in [0.15, 0.2) is 0 Å². The minimum Gasteiger partial charge on any atom is -0.307 e. The van der Waals surface area contributed by atoms with Gasteiger partial charge in [-0.05, 0) is 32.4 Å². The third-order valence-electron chi connectivity index (χ3n) is 3.59. The minimum absolute atomic E-state index is 0.132. The Hall–Kier alpha value is -1.43. The van der Waals surface area contributed by atoms with Crippen molar-refractivity contribution < 1.29 is 14.4 Å². The van der Waals surface area contributed by atoms with Gasteiger partial charge in [-0.1, -0.05) is 27.7 Å². The van der Waals surface area contributed by atoms with Crippen LogP contribution in [0.3, 0.4) is 0 Å². The summed E-state index contributed by atoms with van der Waals surface area (Å²) in [5.41, 5.74) is 0. The molecule has 0 aromatic carbocycles. The predicted molar refractivity (Wildman–Crippen MR) is 80.5 cm³/mol. The molecule has 2 atom stereocenters. The third-order valence-corrected chi connectivity index (χ3v) is 3.59. The highest BCUT2D eigenvalue weighted by Gasteiger charge is 2.44. The number of hydrogen-bond acceptors (Lipinski definition) is 4. The monoisotopic (exact) mass is 297 g/mol. The van der Waals surface area contributed by atoms with Crippen molar-refractivity contribution in [1.82, 2.24) is 15.1 Å². The van der Waals surface area contributed by atoms with Crippen LogP contribution in [0.25, 0.3) is 0 Å². The van der Waals surface area contributed by atoms with Crippen LogP contribution in [0.1, 0.15) is 34.1 Å². The number of barbiturate groups is 1. The lowest BCUT2D eigenvalue weighted by atomic mass is 9.90. The maximum Gasteiger partial charge on any atom is 0.331 e. The molecule has 1 fully saturated rings. The second-order valence-corrected chi connectivity index (χ2v) is 6.77. The van der Waals surface area contributed by atoms with Gasteiger partial charge in [-0.3, -0.25) is 19.8 Å². The number of imide groups is 2. The van der Waals surface area contributed by atoms with Crippen molar-refractivity contribution in [3.8, 4) is 0 Å². The van der Waals surface area contributed by atoms with Crippen LogP contribution in [0.2, 0.25) is 0 Å². The van der Waals surface area contributed by atoms with E-state index in [1.165, 1.54) is 4.90 Å². The number of urea groups is 1. The van der Waals surface area contributed by atoms with Gasteiger partial charge < -0.3 is 4.90 Å². The van der Waals surface area contributed by atoms with E-state index in [-0.39, 0.29) is 17.9 Å². The summed E-state index contributed by atoms with van der Waals surface area (Å²) < 4.78 is 0. The summed E-state index contributed by atoms with van der Waals surface area (Å²) in [5.74, 6) is -1.41. The summed E-state index contributed by atoms with van der Waals surface area (Å²) >= 11 is 0. The molecule has 4 amide bonds. The molecule has 1 aliphatic heterocycles. The SMILES string of the molecule is CC(C)CC(CN(C)C)N1C(=O)NC(=O)C(C(C)C)C1=O. The molecule has 1 saturated heterocycles. The van der Waals surface area contributed by atoms with E-state index in [1.54, 1.807) is 0 Å². The number of likely N-dealkylation sites (N-methyl/N-ethyl adjacent to an activating group) is 1. The van der Waals surface area contributed by atoms with Gasteiger partial charge in [-0.2, -0.15) is 0 Å². The predicted octanol–water partition coefficient (Wildman–Crippen LogP) is 1.31. The number of amides is 4. The first-order valence-corrected chi connectivity index (χ1v) is 7.47. The van der Waals surface area contributed by atoms with Crippen molar-refractivity contribution >= 4 is 17.8 Å². The van der Waals surface area contributed by atoms with E-state index >= 15 is 0 Å². The highest BCUT2D eigenvalue weighted by atomic mass is 16.2. The van der Waals surface area contributed by atoms with E-state index < -0.39 is 17.9 Å². The van der Waals surface area contributed by atoms with E-state index in [9.17, 15) is 14.4 Å². The first kappa shape index (κ1) is 17.6. The molecule has 1 rings (SSSR count). The highest BCUT2D eigenvalue weighted by molar-refractivity contribution is 6.16. The average Bonchev–Trinajstić information content (AvgIpc) is 2.24. The van der Waals surface area contributed by atoms with Crippen LogP contribution < -0.4 is 5.32 Å². The first-order valence-electron chi connectivity index (χ1n) is 7.47. The normalized spacial score (nSPS) is 21.5. The summed E-state index contributed by atoms with van der Waals surface area (Å²) in [6.07, 6.45) is 0.719. The van der Waals surface area contributed by atoms with Crippen LogP contribution >= 0.6 is 0 Å². The molecule has 0 aliphatic carbocycles. The Balaban J connectivity index is 3.06. The summed E-state index contributed by atoms with van der Waals surface area (Å²) in [7, 11) is 3.81. The number of nitrogens with one attached hydrogen (secondary N) is 1. The lowest BCUT2D eigenvalue weighted by Crippen LogP contribution is -2.63. The fourth-order valence-electron chi connectivity index (χ4n) is 2.77. The molecular formula is C15H27N3O3. The summed E-state index contributed by atoms with van der Waals surface area (Å²) in [6.45, 7) is 8.34. The number of carbonyl (C=O) groups excluding carboxylic acids is 3. The van der Waals surface area contributed by atoms with Gasteiger partial charge >= 0.3 is 6.03 Å². The molecule has 2 unspecified atom stereocenters. The smallest absolute Gasteiger partial charge is 0.307 e. The molecule has 1 heterocycles. The zero-order valence-electron chi connectivity index (χ0n) is 13.8. The van der Waals surface area contributed by atoms with Crippen molar-refractivity contribution in [3.63, 3.8) is 0 Å². The van der Waals surface area contributed by atoms with Crippen molar-refractivity contribution in [2.45, 2.75) is 40.2 Å². The van der Waals surface area contributed by atoms with Gasteiger partial charge in [-0.25, -0.2) is 4.79 Å². The van der Waals surface area contributed by atoms with Crippen LogP contribution in [0.15, 0.2) is 0 Å². The van der Waals surface area contributed by atoms with Crippen LogP contribution in [0.5, 0.6) is 0 Å². The third kappa shape index (κ3) is 4.27. The maximum absolute atomic E-state index is 12.6. The Labute approximate surface area is 126 Å². The van der Waals surface area contributed by atoms with E-state index in [2.05, 4.69) is 19.2 Å². The molecule has 21 heavy (non-hydrogen) atoms. The highest BCUT2D eigenvalue weighted by Crippen LogP contribution is 2.23. The fraction of sp³-hybridized carbons (Fsp3) is 0.800. The Morgan fingerprint density at radius 1 is 1.14 bits per heavy atom. The van der Waals surface area contributed by atoms with Crippen LogP contribution in [-0.2, 0) is 9.59 Å². The molecule has 6 heteroatoms. The topological polar surface area (TPSA) is 69.7 Å². The van der Waals surface area contributed by atoms with Crippen LogP contribution in [0, 0.1) is 17.8 Å². The van der Waals surface area contributed by atoms with Crippen molar-refractivity contribution in [2.24, 2.45) is 17.8 Å². The Morgan fingerprint density at radius 2 is 1.71 bits per heavy atom. The molecule has 1 aliphatic rings. The van der Waals surface area contributed by atoms with E-state index in [0.29, 0.717) is 12.5 Å². The maximum atomic E-state index is 12.6. The largest absolute Gasteiger partial charge is 0.331 e. The van der Waals surface area contributed by atoms with Crippen molar-refractivity contribution in [1.29, 1.82) is 0 Å². The summed E-state index contributed by atoms with van der Waals surface area (Å²) in [5, 5.41) is 2.33. The summed E-state index contributed by atoms with van der Waals surface area (Å²) in [4.78, 5) is 39.8. The standard InChI is InChI=1S/C15H27N3O3/c1-9(2)7-11(8-17(5)6)18-14(20)12(10(3)4)13(19)16-15(18)21/h9-12H,7-8H2,1-6H3,(H,16,19,21). The summed E-state index contributed by atoms with van der Waals surface area (Å²) in [6, 6.07) is -0.809. The molecule has 0 saturated carbocycles. The first-order chi connectivity index (χ1) is 9.65. The molecule has 0 radical (unpaired) electrons. The lowest BCUT2D eigenvalue weighted by Gasteiger charge is -2.38. The minimum atomic E-state index is -0.778. The van der Waals surface area contributed by atoms with Gasteiger partial charge in [-0.15, -0.1) is 0 Å². The van der Waals surface area contributed by atoms with Gasteiger partial charge in [0.1, 0.15) is 5.92 Å². The van der Waals surface area contributed by atoms with Gasteiger partial charge in [0.25, 0.3) is 0 Å². The second-order valence-electron chi connectivity index (χ2n) is 6.77. The molecule has 6 nitrogen and oxygen atoms in total. The molecule has 0 bridgehead atoms. The number of carbonyl (C=O) groups is 3. The zero-order chi connectivity index (χ0) is 16.3. The van der Waals surface area contributed by atoms with Gasteiger partial charge in [0, 0.05) is 6.54 Å².